The third-order valence-electron chi connectivity index (χ3n) is 5.30. The van der Waals surface area contributed by atoms with Crippen LogP contribution < -0.4 is 5.32 Å². The first-order valence-corrected chi connectivity index (χ1v) is 9.52. The van der Waals surface area contributed by atoms with Crippen LogP contribution in [0.4, 0.5) is 0 Å². The summed E-state index contributed by atoms with van der Waals surface area (Å²) in [5, 5.41) is 12.4. The van der Waals surface area contributed by atoms with Crippen molar-refractivity contribution in [2.75, 3.05) is 0 Å². The van der Waals surface area contributed by atoms with Crippen LogP contribution in [0.15, 0.2) is 18.6 Å². The predicted molar refractivity (Wildman–Crippen MR) is 100 cm³/mol. The second kappa shape index (κ2) is 9.06. The molecule has 1 heterocycles. The van der Waals surface area contributed by atoms with E-state index in [4.69, 9.17) is 0 Å². The number of carbonyl (C=O) groups is 3. The van der Waals surface area contributed by atoms with E-state index in [9.17, 15) is 19.5 Å². The fourth-order valence-corrected chi connectivity index (χ4v) is 3.65. The van der Waals surface area contributed by atoms with Gasteiger partial charge >= 0.3 is 5.97 Å². The van der Waals surface area contributed by atoms with Crippen molar-refractivity contribution in [3.05, 3.63) is 24.3 Å². The Bertz CT molecular complexity index is 664. The van der Waals surface area contributed by atoms with Crippen LogP contribution in [0.25, 0.3) is 0 Å². The highest BCUT2D eigenvalue weighted by molar-refractivity contribution is 5.97. The van der Waals surface area contributed by atoms with Crippen LogP contribution in [-0.4, -0.2) is 38.8 Å². The molecular formula is C20H29N3O4. The Labute approximate surface area is 160 Å². The van der Waals surface area contributed by atoms with Crippen LogP contribution >= 0.6 is 0 Å². The molecule has 148 valence electrons. The Hall–Kier alpha value is -2.31. The molecule has 1 fully saturated rings. The van der Waals surface area contributed by atoms with Crippen molar-refractivity contribution in [3.63, 3.8) is 0 Å². The van der Waals surface area contributed by atoms with Crippen LogP contribution in [0.3, 0.4) is 0 Å². The zero-order chi connectivity index (χ0) is 20.0. The van der Waals surface area contributed by atoms with Gasteiger partial charge in [0.05, 0.1) is 18.2 Å². The Morgan fingerprint density at radius 3 is 2.37 bits per heavy atom. The van der Waals surface area contributed by atoms with E-state index in [2.05, 4.69) is 15.3 Å². The predicted octanol–water partition coefficient (Wildman–Crippen LogP) is 2.86. The van der Waals surface area contributed by atoms with E-state index in [1.807, 2.05) is 20.8 Å². The van der Waals surface area contributed by atoms with Gasteiger partial charge in [0, 0.05) is 18.8 Å². The minimum Gasteiger partial charge on any atom is -0.481 e. The summed E-state index contributed by atoms with van der Waals surface area (Å²) in [7, 11) is 0. The van der Waals surface area contributed by atoms with E-state index in [0.717, 1.165) is 32.1 Å². The highest BCUT2D eigenvalue weighted by Gasteiger charge is 2.38. The van der Waals surface area contributed by atoms with Crippen LogP contribution in [0.5, 0.6) is 0 Å². The van der Waals surface area contributed by atoms with Crippen molar-refractivity contribution in [2.45, 2.75) is 65.3 Å². The molecule has 1 aliphatic carbocycles. The number of rotatable bonds is 7. The van der Waals surface area contributed by atoms with Gasteiger partial charge in [-0.15, -0.1) is 0 Å². The summed E-state index contributed by atoms with van der Waals surface area (Å²) in [6.07, 6.45) is 9.00. The first kappa shape index (κ1) is 21.0. The molecule has 2 rings (SSSR count). The van der Waals surface area contributed by atoms with Crippen molar-refractivity contribution >= 4 is 17.7 Å². The third-order valence-corrected chi connectivity index (χ3v) is 5.30. The number of nitrogens with one attached hydrogen (secondary N) is 1. The van der Waals surface area contributed by atoms with Gasteiger partial charge in [-0.2, -0.15) is 0 Å². The smallest absolute Gasteiger partial charge is 0.307 e. The van der Waals surface area contributed by atoms with E-state index >= 15 is 0 Å². The summed E-state index contributed by atoms with van der Waals surface area (Å²) < 4.78 is 0. The lowest BCUT2D eigenvalue weighted by atomic mass is 9.75. The first-order chi connectivity index (χ1) is 12.7. The fourth-order valence-electron chi connectivity index (χ4n) is 3.65. The molecule has 1 aliphatic rings. The fraction of sp³-hybridized carbons (Fsp3) is 0.650. The molecule has 2 atom stereocenters. The van der Waals surface area contributed by atoms with Crippen LogP contribution in [0, 0.1) is 17.3 Å². The van der Waals surface area contributed by atoms with Crippen molar-refractivity contribution in [1.82, 2.24) is 15.3 Å². The number of carboxylic acids is 1. The van der Waals surface area contributed by atoms with Crippen LogP contribution in [0.1, 0.15) is 69.8 Å². The average Bonchev–Trinajstić information content (AvgIpc) is 2.64. The van der Waals surface area contributed by atoms with Gasteiger partial charge < -0.3 is 10.4 Å². The van der Waals surface area contributed by atoms with Gasteiger partial charge in [-0.25, -0.2) is 4.98 Å². The van der Waals surface area contributed by atoms with Gasteiger partial charge in [-0.1, -0.05) is 40.0 Å². The topological polar surface area (TPSA) is 109 Å². The van der Waals surface area contributed by atoms with Crippen molar-refractivity contribution < 1.29 is 19.5 Å². The van der Waals surface area contributed by atoms with Crippen LogP contribution in [0.2, 0.25) is 0 Å². The highest BCUT2D eigenvalue weighted by Crippen LogP contribution is 2.32. The molecule has 0 radical (unpaired) electrons. The van der Waals surface area contributed by atoms with Gasteiger partial charge in [0.1, 0.15) is 5.69 Å². The van der Waals surface area contributed by atoms with E-state index in [1.54, 1.807) is 0 Å². The number of hydrogen-bond donors (Lipinski definition) is 2. The Morgan fingerprint density at radius 1 is 1.19 bits per heavy atom. The Balaban J connectivity index is 2.19. The van der Waals surface area contributed by atoms with Gasteiger partial charge in [-0.3, -0.25) is 19.4 Å². The lowest BCUT2D eigenvalue weighted by Crippen LogP contribution is -2.48. The molecule has 27 heavy (non-hydrogen) atoms. The number of Topliss-reactive ketones (excluding diaryl/α,β-unsaturated/α-hetero) is 1. The van der Waals surface area contributed by atoms with E-state index in [-0.39, 0.29) is 23.8 Å². The SMILES string of the molecule is CC(C)(C)[C@H](CC(=O)[C@@H](NC(=O)c1cnccn1)C1CCCCC1)C(=O)O. The highest BCUT2D eigenvalue weighted by atomic mass is 16.4. The Kier molecular flexibility index (Phi) is 7.05. The molecule has 7 heteroatoms. The van der Waals surface area contributed by atoms with Crippen molar-refractivity contribution in [1.29, 1.82) is 0 Å². The minimum atomic E-state index is -0.988. The number of aliphatic carboxylic acids is 1. The number of ketones is 1. The molecule has 7 nitrogen and oxygen atoms in total. The lowest BCUT2D eigenvalue weighted by Gasteiger charge is -2.32. The molecule has 1 saturated carbocycles. The molecule has 1 amide bonds. The number of nitrogens with zero attached hydrogens (tertiary/aromatic N) is 2. The van der Waals surface area contributed by atoms with Gasteiger partial charge in [0.15, 0.2) is 5.78 Å². The second-order valence-corrected chi connectivity index (χ2v) is 8.37. The van der Waals surface area contributed by atoms with Gasteiger partial charge in [0.25, 0.3) is 5.91 Å². The minimum absolute atomic E-state index is 0.0290. The zero-order valence-corrected chi connectivity index (χ0v) is 16.3. The number of carbonyl (C=O) groups excluding carboxylic acids is 2. The van der Waals surface area contributed by atoms with Crippen molar-refractivity contribution in [3.8, 4) is 0 Å². The Morgan fingerprint density at radius 2 is 1.85 bits per heavy atom. The normalized spacial score (nSPS) is 17.7. The monoisotopic (exact) mass is 375 g/mol. The summed E-state index contributed by atoms with van der Waals surface area (Å²) in [4.78, 5) is 45.1. The number of amides is 1. The maximum Gasteiger partial charge on any atom is 0.307 e. The largest absolute Gasteiger partial charge is 0.481 e. The molecule has 0 bridgehead atoms. The number of aromatic nitrogens is 2. The molecule has 0 unspecified atom stereocenters. The summed E-state index contributed by atoms with van der Waals surface area (Å²) in [6, 6.07) is -0.691. The molecule has 0 aromatic carbocycles. The number of hydrogen-bond acceptors (Lipinski definition) is 5. The first-order valence-electron chi connectivity index (χ1n) is 9.52. The molecule has 2 N–H and O–H groups in total. The van der Waals surface area contributed by atoms with E-state index in [1.165, 1.54) is 18.6 Å². The lowest BCUT2D eigenvalue weighted by molar-refractivity contribution is -0.148. The average molecular weight is 375 g/mol. The second-order valence-electron chi connectivity index (χ2n) is 8.37. The maximum absolute atomic E-state index is 13.1. The van der Waals surface area contributed by atoms with E-state index < -0.39 is 29.3 Å². The standard InChI is InChI=1S/C20H29N3O4/c1-20(2,3)14(19(26)27)11-16(24)17(13-7-5-4-6-8-13)23-18(25)15-12-21-9-10-22-15/h9-10,12-14,17H,4-8,11H2,1-3H3,(H,23,25)(H,26,27)/t14-,17+/m1/s1. The quantitative estimate of drug-likeness (QED) is 0.758. The van der Waals surface area contributed by atoms with Gasteiger partial charge in [-0.05, 0) is 24.2 Å². The van der Waals surface area contributed by atoms with Crippen molar-refractivity contribution in [2.24, 2.45) is 17.3 Å². The molecular weight excluding hydrogens is 346 g/mol. The molecule has 0 aliphatic heterocycles. The molecule has 1 aromatic rings. The summed E-state index contributed by atoms with van der Waals surface area (Å²) in [5.74, 6) is -2.43. The van der Waals surface area contributed by atoms with Crippen LogP contribution in [-0.2, 0) is 9.59 Å². The molecule has 0 saturated heterocycles. The summed E-state index contributed by atoms with van der Waals surface area (Å²) >= 11 is 0. The maximum atomic E-state index is 13.1. The van der Waals surface area contributed by atoms with Gasteiger partial charge in [0.2, 0.25) is 0 Å². The zero-order valence-electron chi connectivity index (χ0n) is 16.3. The summed E-state index contributed by atoms with van der Waals surface area (Å²) in [6.45, 7) is 5.44. The molecule has 0 spiro atoms. The third kappa shape index (κ3) is 5.84. The van der Waals surface area contributed by atoms with E-state index in [0.29, 0.717) is 0 Å². The number of carboxylic acid groups (broad SMARTS) is 1. The molecule has 1 aromatic heterocycles. The summed E-state index contributed by atoms with van der Waals surface area (Å²) in [5.41, 5.74) is -0.398.